The summed E-state index contributed by atoms with van der Waals surface area (Å²) in [5, 5.41) is 22.2. The second-order valence-electron chi connectivity index (χ2n) is 5.57. The van der Waals surface area contributed by atoms with E-state index in [0.29, 0.717) is 0 Å². The van der Waals surface area contributed by atoms with Crippen molar-refractivity contribution in [3.8, 4) is 0 Å². The molecule has 27 heavy (non-hydrogen) atoms. The lowest BCUT2D eigenvalue weighted by atomic mass is 10.0. The maximum Gasteiger partial charge on any atom is 0.416 e. The zero-order chi connectivity index (χ0) is 20.2. The standard InChI is InChI=1S/C17H13F3N2O5/c18-17(19,20)12-5-1-3-10(7-12)8-14(16(24)25)21-15(23)11-4-2-6-13(9-11)22(26)27/h1-7,9,14H,8H2,(H,21,23)(H,24,25)/t14-/m1/s1. The zero-order valence-corrected chi connectivity index (χ0v) is 13.6. The summed E-state index contributed by atoms with van der Waals surface area (Å²) < 4.78 is 38.3. The van der Waals surface area contributed by atoms with Crippen molar-refractivity contribution in [1.29, 1.82) is 0 Å². The number of benzene rings is 2. The minimum Gasteiger partial charge on any atom is -0.480 e. The second kappa shape index (κ2) is 7.85. The van der Waals surface area contributed by atoms with Gasteiger partial charge >= 0.3 is 12.1 Å². The van der Waals surface area contributed by atoms with E-state index in [1.54, 1.807) is 0 Å². The van der Waals surface area contributed by atoms with E-state index in [0.717, 1.165) is 30.3 Å². The van der Waals surface area contributed by atoms with Crippen molar-refractivity contribution in [3.63, 3.8) is 0 Å². The fraction of sp³-hybridized carbons (Fsp3) is 0.176. The fourth-order valence-electron chi connectivity index (χ4n) is 2.31. The summed E-state index contributed by atoms with van der Waals surface area (Å²) in [5.74, 6) is -2.34. The van der Waals surface area contributed by atoms with Gasteiger partial charge in [0.25, 0.3) is 11.6 Å². The number of hydrogen-bond donors (Lipinski definition) is 2. The van der Waals surface area contributed by atoms with E-state index in [1.807, 2.05) is 0 Å². The molecule has 0 bridgehead atoms. The third-order valence-electron chi connectivity index (χ3n) is 3.62. The van der Waals surface area contributed by atoms with Crippen LogP contribution < -0.4 is 5.32 Å². The van der Waals surface area contributed by atoms with Gasteiger partial charge in [-0.1, -0.05) is 24.3 Å². The highest BCUT2D eigenvalue weighted by molar-refractivity contribution is 5.97. The van der Waals surface area contributed by atoms with Gasteiger partial charge in [0.1, 0.15) is 6.04 Å². The van der Waals surface area contributed by atoms with Gasteiger partial charge in [-0.05, 0) is 17.7 Å². The van der Waals surface area contributed by atoms with Gasteiger partial charge in [0.2, 0.25) is 0 Å². The molecule has 0 aromatic heterocycles. The van der Waals surface area contributed by atoms with E-state index >= 15 is 0 Å². The van der Waals surface area contributed by atoms with Gasteiger partial charge < -0.3 is 10.4 Å². The first-order chi connectivity index (χ1) is 12.6. The molecule has 0 aliphatic rings. The number of amides is 1. The first-order valence-corrected chi connectivity index (χ1v) is 7.52. The normalized spacial score (nSPS) is 12.3. The van der Waals surface area contributed by atoms with E-state index in [9.17, 15) is 38.0 Å². The number of nitrogens with zero attached hydrogens (tertiary/aromatic N) is 1. The summed E-state index contributed by atoms with van der Waals surface area (Å²) in [4.78, 5) is 33.6. The van der Waals surface area contributed by atoms with Crippen molar-refractivity contribution in [1.82, 2.24) is 5.32 Å². The number of carbonyl (C=O) groups is 2. The maximum absolute atomic E-state index is 12.8. The largest absolute Gasteiger partial charge is 0.480 e. The summed E-state index contributed by atoms with van der Waals surface area (Å²) in [6.07, 6.45) is -4.97. The van der Waals surface area contributed by atoms with Crippen LogP contribution in [0.4, 0.5) is 18.9 Å². The Balaban J connectivity index is 2.19. The monoisotopic (exact) mass is 382 g/mol. The molecule has 2 rings (SSSR count). The molecule has 0 radical (unpaired) electrons. The minimum atomic E-state index is -4.58. The van der Waals surface area contributed by atoms with Crippen LogP contribution >= 0.6 is 0 Å². The number of nitro benzene ring substituents is 1. The Morgan fingerprint density at radius 1 is 1.15 bits per heavy atom. The molecule has 0 unspecified atom stereocenters. The quantitative estimate of drug-likeness (QED) is 0.590. The molecular formula is C17H13F3N2O5. The molecule has 0 aliphatic heterocycles. The SMILES string of the molecule is O=C(N[C@H](Cc1cccc(C(F)(F)F)c1)C(=O)O)c1cccc([N+](=O)[O-])c1. The Morgan fingerprint density at radius 2 is 1.81 bits per heavy atom. The van der Waals surface area contributed by atoms with E-state index < -0.39 is 34.6 Å². The number of alkyl halides is 3. The Labute approximate surface area is 150 Å². The van der Waals surface area contributed by atoms with Crippen LogP contribution in [0.25, 0.3) is 0 Å². The predicted octanol–water partition coefficient (Wildman–Crippen LogP) is 3.04. The molecule has 0 saturated heterocycles. The number of non-ortho nitro benzene ring substituents is 1. The van der Waals surface area contributed by atoms with E-state index in [2.05, 4.69) is 5.32 Å². The van der Waals surface area contributed by atoms with Crippen LogP contribution in [0.3, 0.4) is 0 Å². The molecule has 0 saturated carbocycles. The van der Waals surface area contributed by atoms with Crippen molar-refractivity contribution in [2.75, 3.05) is 0 Å². The van der Waals surface area contributed by atoms with Crippen LogP contribution in [0.2, 0.25) is 0 Å². The Morgan fingerprint density at radius 3 is 2.41 bits per heavy atom. The number of halogens is 3. The van der Waals surface area contributed by atoms with Crippen molar-refractivity contribution in [2.45, 2.75) is 18.6 Å². The maximum atomic E-state index is 12.8. The van der Waals surface area contributed by atoms with Crippen LogP contribution in [0.15, 0.2) is 48.5 Å². The van der Waals surface area contributed by atoms with Gasteiger partial charge in [-0.25, -0.2) is 4.79 Å². The van der Waals surface area contributed by atoms with Gasteiger partial charge in [-0.15, -0.1) is 0 Å². The topological polar surface area (TPSA) is 110 Å². The van der Waals surface area contributed by atoms with Crippen LogP contribution in [0.1, 0.15) is 21.5 Å². The molecule has 2 aromatic carbocycles. The molecule has 1 atom stereocenters. The first kappa shape index (κ1) is 19.9. The molecular weight excluding hydrogens is 369 g/mol. The van der Waals surface area contributed by atoms with Gasteiger partial charge in [-0.3, -0.25) is 14.9 Å². The molecule has 0 spiro atoms. The number of carboxylic acids is 1. The number of carbonyl (C=O) groups excluding carboxylic acids is 1. The first-order valence-electron chi connectivity index (χ1n) is 7.52. The van der Waals surface area contributed by atoms with Gasteiger partial charge in [0, 0.05) is 24.1 Å². The predicted molar refractivity (Wildman–Crippen MR) is 87.1 cm³/mol. The molecule has 2 aromatic rings. The van der Waals surface area contributed by atoms with Gasteiger partial charge in [0.05, 0.1) is 10.5 Å². The Hall–Kier alpha value is -3.43. The zero-order valence-electron chi connectivity index (χ0n) is 13.6. The lowest BCUT2D eigenvalue weighted by molar-refractivity contribution is -0.384. The van der Waals surface area contributed by atoms with E-state index in [4.69, 9.17) is 0 Å². The van der Waals surface area contributed by atoms with Gasteiger partial charge in [-0.2, -0.15) is 13.2 Å². The summed E-state index contributed by atoms with van der Waals surface area (Å²) in [6.45, 7) is 0. The third kappa shape index (κ3) is 5.27. The molecule has 7 nitrogen and oxygen atoms in total. The van der Waals surface area contributed by atoms with Crippen LogP contribution in [-0.2, 0) is 17.4 Å². The summed E-state index contributed by atoms with van der Waals surface area (Å²) >= 11 is 0. The summed E-state index contributed by atoms with van der Waals surface area (Å²) in [7, 11) is 0. The molecule has 1 amide bonds. The molecule has 142 valence electrons. The number of aliphatic carboxylic acids is 1. The average molecular weight is 382 g/mol. The highest BCUT2D eigenvalue weighted by atomic mass is 19.4. The van der Waals surface area contributed by atoms with Crippen molar-refractivity contribution < 1.29 is 32.8 Å². The van der Waals surface area contributed by atoms with Crippen molar-refractivity contribution >= 4 is 17.6 Å². The molecule has 0 aliphatic carbocycles. The van der Waals surface area contributed by atoms with Crippen LogP contribution in [0, 0.1) is 10.1 Å². The van der Waals surface area contributed by atoms with Crippen molar-refractivity contribution in [2.24, 2.45) is 0 Å². The Kier molecular flexibility index (Phi) is 5.78. The lowest BCUT2D eigenvalue weighted by Gasteiger charge is -2.16. The van der Waals surface area contributed by atoms with Gasteiger partial charge in [0.15, 0.2) is 0 Å². The lowest BCUT2D eigenvalue weighted by Crippen LogP contribution is -2.42. The number of rotatable bonds is 6. The van der Waals surface area contributed by atoms with E-state index in [-0.39, 0.29) is 23.2 Å². The molecule has 0 fully saturated rings. The highest BCUT2D eigenvalue weighted by Gasteiger charge is 2.31. The van der Waals surface area contributed by atoms with Crippen LogP contribution in [-0.4, -0.2) is 27.9 Å². The summed E-state index contributed by atoms with van der Waals surface area (Å²) in [5.41, 5.74) is -1.36. The van der Waals surface area contributed by atoms with Crippen molar-refractivity contribution in [3.05, 3.63) is 75.3 Å². The Bertz CT molecular complexity index is 883. The molecule has 0 heterocycles. The van der Waals surface area contributed by atoms with E-state index in [1.165, 1.54) is 18.2 Å². The molecule has 2 N–H and O–H groups in total. The fourth-order valence-corrected chi connectivity index (χ4v) is 2.31. The third-order valence-corrected chi connectivity index (χ3v) is 3.62. The van der Waals surface area contributed by atoms with Crippen LogP contribution in [0.5, 0.6) is 0 Å². The average Bonchev–Trinajstić information content (AvgIpc) is 2.60. The molecule has 10 heteroatoms. The summed E-state index contributed by atoms with van der Waals surface area (Å²) in [6, 6.07) is 7.23. The highest BCUT2D eigenvalue weighted by Crippen LogP contribution is 2.29. The minimum absolute atomic E-state index is 0.0663. The number of hydrogen-bond acceptors (Lipinski definition) is 4. The smallest absolute Gasteiger partial charge is 0.416 e. The number of nitro groups is 1. The second-order valence-corrected chi connectivity index (χ2v) is 5.57. The number of nitrogens with one attached hydrogen (secondary N) is 1. The number of carboxylic acid groups (broad SMARTS) is 1.